The summed E-state index contributed by atoms with van der Waals surface area (Å²) in [6.45, 7) is -0.853. The minimum atomic E-state index is -4.93. The molecular formula is C9H8F5NO2. The number of aliphatic hydroxyl groups is 1. The fraction of sp³-hybridized carbons (Fsp3) is 0.444. The van der Waals surface area contributed by atoms with Crippen LogP contribution in [0.25, 0.3) is 0 Å². The van der Waals surface area contributed by atoms with E-state index in [2.05, 4.69) is 9.72 Å². The van der Waals surface area contributed by atoms with Crippen molar-refractivity contribution in [1.82, 2.24) is 4.98 Å². The van der Waals surface area contributed by atoms with Crippen LogP contribution < -0.4 is 4.74 Å². The zero-order valence-corrected chi connectivity index (χ0v) is 8.55. The van der Waals surface area contributed by atoms with Crippen molar-refractivity contribution in [2.75, 3.05) is 7.11 Å². The quantitative estimate of drug-likeness (QED) is 0.846. The predicted molar refractivity (Wildman–Crippen MR) is 46.7 cm³/mol. The van der Waals surface area contributed by atoms with Gasteiger partial charge in [0.25, 0.3) is 6.43 Å². The number of rotatable bonds is 3. The van der Waals surface area contributed by atoms with Crippen molar-refractivity contribution in [3.8, 4) is 5.75 Å². The van der Waals surface area contributed by atoms with Gasteiger partial charge < -0.3 is 9.84 Å². The number of hydrogen-bond donors (Lipinski definition) is 1. The van der Waals surface area contributed by atoms with Crippen LogP contribution in [0.5, 0.6) is 5.75 Å². The van der Waals surface area contributed by atoms with E-state index >= 15 is 0 Å². The number of hydrogen-bond acceptors (Lipinski definition) is 3. The molecule has 0 bridgehead atoms. The molecule has 96 valence electrons. The summed E-state index contributed by atoms with van der Waals surface area (Å²) in [5, 5.41) is 8.83. The maximum absolute atomic E-state index is 12.5. The first-order valence-corrected chi connectivity index (χ1v) is 4.35. The molecule has 0 saturated carbocycles. The first kappa shape index (κ1) is 13.6. The summed E-state index contributed by atoms with van der Waals surface area (Å²) in [6.07, 6.45) is -8.09. The number of aliphatic hydroxyl groups excluding tert-OH is 1. The zero-order chi connectivity index (χ0) is 13.2. The van der Waals surface area contributed by atoms with Crippen molar-refractivity contribution in [1.29, 1.82) is 0 Å². The van der Waals surface area contributed by atoms with Crippen LogP contribution in [0.4, 0.5) is 22.0 Å². The number of nitrogens with zero attached hydrogens (tertiary/aromatic N) is 1. The zero-order valence-electron chi connectivity index (χ0n) is 8.55. The normalized spacial score (nSPS) is 12.0. The maximum Gasteiger partial charge on any atom is 0.437 e. The molecule has 0 amide bonds. The summed E-state index contributed by atoms with van der Waals surface area (Å²) in [7, 11) is 0.938. The second-order valence-electron chi connectivity index (χ2n) is 3.04. The van der Waals surface area contributed by atoms with Gasteiger partial charge in [-0.05, 0) is 6.07 Å². The molecule has 0 atom stereocenters. The number of aromatic nitrogens is 1. The molecule has 1 rings (SSSR count). The van der Waals surface area contributed by atoms with Crippen LogP contribution in [-0.2, 0) is 12.8 Å². The van der Waals surface area contributed by atoms with Gasteiger partial charge in [-0.3, -0.25) is 0 Å². The van der Waals surface area contributed by atoms with Crippen LogP contribution in [0.2, 0.25) is 0 Å². The van der Waals surface area contributed by atoms with Crippen molar-refractivity contribution in [3.05, 3.63) is 23.0 Å². The lowest BCUT2D eigenvalue weighted by Gasteiger charge is -2.15. The predicted octanol–water partition coefficient (Wildman–Crippen LogP) is 2.54. The molecule has 1 heterocycles. The molecule has 0 saturated heterocycles. The highest BCUT2D eigenvalue weighted by molar-refractivity contribution is 5.40. The van der Waals surface area contributed by atoms with Gasteiger partial charge in [0.15, 0.2) is 11.4 Å². The molecule has 0 aliphatic rings. The first-order valence-electron chi connectivity index (χ1n) is 4.35. The number of alkyl halides is 5. The molecule has 1 aromatic heterocycles. The van der Waals surface area contributed by atoms with Gasteiger partial charge in [-0.1, -0.05) is 0 Å². The fourth-order valence-electron chi connectivity index (χ4n) is 1.26. The van der Waals surface area contributed by atoms with Crippen LogP contribution in [0.15, 0.2) is 6.07 Å². The van der Waals surface area contributed by atoms with Crippen molar-refractivity contribution in [3.63, 3.8) is 0 Å². The van der Waals surface area contributed by atoms with E-state index in [4.69, 9.17) is 5.11 Å². The van der Waals surface area contributed by atoms with E-state index in [-0.39, 0.29) is 5.56 Å². The van der Waals surface area contributed by atoms with Crippen LogP contribution in [0.3, 0.4) is 0 Å². The number of halogens is 5. The summed E-state index contributed by atoms with van der Waals surface area (Å²) in [5.41, 5.74) is -3.01. The summed E-state index contributed by atoms with van der Waals surface area (Å²) >= 11 is 0. The summed E-state index contributed by atoms with van der Waals surface area (Å²) < 4.78 is 66.7. The summed E-state index contributed by atoms with van der Waals surface area (Å²) in [5.74, 6) is -0.746. The fourth-order valence-corrected chi connectivity index (χ4v) is 1.26. The lowest BCUT2D eigenvalue weighted by atomic mass is 10.1. The number of pyridine rings is 1. The SMILES string of the molecule is COc1c(CO)cc(C(F)F)nc1C(F)(F)F. The van der Waals surface area contributed by atoms with Gasteiger partial charge in [0.2, 0.25) is 0 Å². The van der Waals surface area contributed by atoms with Gasteiger partial charge in [0.05, 0.1) is 13.7 Å². The Balaban J connectivity index is 3.48. The lowest BCUT2D eigenvalue weighted by Crippen LogP contribution is -2.14. The molecule has 8 heteroatoms. The Morgan fingerprint density at radius 1 is 1.41 bits per heavy atom. The minimum absolute atomic E-state index is 0.384. The van der Waals surface area contributed by atoms with E-state index < -0.39 is 36.3 Å². The smallest absolute Gasteiger partial charge is 0.437 e. The van der Waals surface area contributed by atoms with Gasteiger partial charge in [0, 0.05) is 5.56 Å². The summed E-state index contributed by atoms with van der Waals surface area (Å²) in [4.78, 5) is 2.81. The first-order chi connectivity index (χ1) is 7.81. The van der Waals surface area contributed by atoms with Gasteiger partial charge in [-0.25, -0.2) is 13.8 Å². The molecule has 0 aromatic carbocycles. The van der Waals surface area contributed by atoms with Crippen molar-refractivity contribution >= 4 is 0 Å². The largest absolute Gasteiger partial charge is 0.494 e. The van der Waals surface area contributed by atoms with E-state index in [0.29, 0.717) is 6.07 Å². The van der Waals surface area contributed by atoms with Crippen LogP contribution in [0.1, 0.15) is 23.4 Å². The second kappa shape index (κ2) is 4.82. The third kappa shape index (κ3) is 2.82. The highest BCUT2D eigenvalue weighted by Crippen LogP contribution is 2.38. The number of ether oxygens (including phenoxy) is 1. The molecule has 1 aromatic rings. The molecule has 3 nitrogen and oxygen atoms in total. The van der Waals surface area contributed by atoms with Gasteiger partial charge in [0.1, 0.15) is 5.69 Å². The van der Waals surface area contributed by atoms with Crippen LogP contribution in [-0.4, -0.2) is 17.2 Å². The van der Waals surface area contributed by atoms with E-state index in [1.165, 1.54) is 0 Å². The van der Waals surface area contributed by atoms with Crippen molar-refractivity contribution in [2.45, 2.75) is 19.2 Å². The molecule has 17 heavy (non-hydrogen) atoms. The monoisotopic (exact) mass is 257 g/mol. The molecule has 0 spiro atoms. The van der Waals surface area contributed by atoms with Gasteiger partial charge >= 0.3 is 6.18 Å². The average Bonchev–Trinajstić information content (AvgIpc) is 2.25. The lowest BCUT2D eigenvalue weighted by molar-refractivity contribution is -0.142. The Labute approximate surface area is 92.8 Å². The minimum Gasteiger partial charge on any atom is -0.494 e. The molecule has 0 aliphatic heterocycles. The standard InChI is InChI=1S/C9H8F5NO2/c1-17-6-4(3-16)2-5(8(10)11)15-7(6)9(12,13)14/h2,8,16H,3H2,1H3. The van der Waals surface area contributed by atoms with Crippen molar-refractivity contribution in [2.24, 2.45) is 0 Å². The molecule has 0 fully saturated rings. The van der Waals surface area contributed by atoms with E-state index in [9.17, 15) is 22.0 Å². The average molecular weight is 257 g/mol. The van der Waals surface area contributed by atoms with Crippen molar-refractivity contribution < 1.29 is 31.8 Å². The third-order valence-corrected chi connectivity index (χ3v) is 1.94. The van der Waals surface area contributed by atoms with Crippen LogP contribution >= 0.6 is 0 Å². The Morgan fingerprint density at radius 3 is 2.35 bits per heavy atom. The highest BCUT2D eigenvalue weighted by Gasteiger charge is 2.38. The Morgan fingerprint density at radius 2 is 2.00 bits per heavy atom. The van der Waals surface area contributed by atoms with E-state index in [0.717, 1.165) is 7.11 Å². The molecule has 0 unspecified atom stereocenters. The van der Waals surface area contributed by atoms with Gasteiger partial charge in [-0.2, -0.15) is 13.2 Å². The second-order valence-corrected chi connectivity index (χ2v) is 3.04. The Bertz CT molecular complexity index is 405. The highest BCUT2D eigenvalue weighted by atomic mass is 19.4. The topological polar surface area (TPSA) is 42.4 Å². The molecule has 0 aliphatic carbocycles. The summed E-state index contributed by atoms with van der Waals surface area (Å²) in [6, 6.07) is 0.679. The maximum atomic E-state index is 12.5. The third-order valence-electron chi connectivity index (χ3n) is 1.94. The Kier molecular flexibility index (Phi) is 3.87. The Hall–Kier alpha value is -1.44. The molecular weight excluding hydrogens is 249 g/mol. The molecule has 0 radical (unpaired) electrons. The van der Waals surface area contributed by atoms with E-state index in [1.807, 2.05) is 0 Å². The van der Waals surface area contributed by atoms with Gasteiger partial charge in [-0.15, -0.1) is 0 Å². The number of methoxy groups -OCH3 is 1. The van der Waals surface area contributed by atoms with E-state index in [1.54, 1.807) is 0 Å². The molecule has 1 N–H and O–H groups in total. The van der Waals surface area contributed by atoms with Crippen LogP contribution in [0, 0.1) is 0 Å².